The van der Waals surface area contributed by atoms with Crippen LogP contribution in [0.1, 0.15) is 18.1 Å². The van der Waals surface area contributed by atoms with Gasteiger partial charge in [-0.2, -0.15) is 0 Å². The summed E-state index contributed by atoms with van der Waals surface area (Å²) in [7, 11) is 3.06. The zero-order valence-corrected chi connectivity index (χ0v) is 15.8. The van der Waals surface area contributed by atoms with Crippen molar-refractivity contribution >= 4 is 23.2 Å². The third-order valence-corrected chi connectivity index (χ3v) is 4.11. The van der Waals surface area contributed by atoms with E-state index in [4.69, 9.17) is 9.47 Å². The summed E-state index contributed by atoms with van der Waals surface area (Å²) in [5, 5.41) is 2.90. The van der Waals surface area contributed by atoms with Crippen molar-refractivity contribution in [3.05, 3.63) is 47.5 Å². The first-order valence-corrected chi connectivity index (χ1v) is 8.23. The highest BCUT2D eigenvalue weighted by Crippen LogP contribution is 2.31. The summed E-state index contributed by atoms with van der Waals surface area (Å²) in [5.41, 5.74) is 3.28. The lowest BCUT2D eigenvalue weighted by Gasteiger charge is -2.22. The summed E-state index contributed by atoms with van der Waals surface area (Å²) in [4.78, 5) is 26.0. The molecule has 0 bridgehead atoms. The molecule has 2 amide bonds. The quantitative estimate of drug-likeness (QED) is 0.862. The Bertz CT molecular complexity index is 797. The fraction of sp³-hybridized carbons (Fsp3) is 0.300. The molecule has 0 atom stereocenters. The minimum atomic E-state index is -0.271. The van der Waals surface area contributed by atoms with Crippen LogP contribution in [0, 0.1) is 13.8 Å². The van der Waals surface area contributed by atoms with Crippen LogP contribution in [0.3, 0.4) is 0 Å². The van der Waals surface area contributed by atoms with Crippen LogP contribution in [0.2, 0.25) is 0 Å². The molecule has 2 aromatic rings. The van der Waals surface area contributed by atoms with Crippen molar-refractivity contribution in [2.45, 2.75) is 20.8 Å². The van der Waals surface area contributed by atoms with E-state index in [1.165, 1.54) is 26.0 Å². The lowest BCUT2D eigenvalue weighted by atomic mass is 10.1. The largest absolute Gasteiger partial charge is 0.493 e. The molecule has 0 fully saturated rings. The Kier molecular flexibility index (Phi) is 6.22. The van der Waals surface area contributed by atoms with E-state index in [0.29, 0.717) is 17.2 Å². The molecule has 0 unspecified atom stereocenters. The van der Waals surface area contributed by atoms with Crippen molar-refractivity contribution in [2.75, 3.05) is 31.0 Å². The van der Waals surface area contributed by atoms with E-state index in [1.54, 1.807) is 18.2 Å². The molecule has 2 aromatic carbocycles. The number of hydrogen-bond acceptors (Lipinski definition) is 4. The first kappa shape index (κ1) is 19.3. The molecule has 0 saturated heterocycles. The molecule has 0 radical (unpaired) electrons. The minimum absolute atomic E-state index is 0.0986. The molecule has 0 spiro atoms. The number of benzene rings is 2. The number of methoxy groups -OCH3 is 2. The molecular formula is C20H24N2O4. The van der Waals surface area contributed by atoms with Gasteiger partial charge in [-0.15, -0.1) is 0 Å². The predicted octanol–water partition coefficient (Wildman–Crippen LogP) is 3.31. The van der Waals surface area contributed by atoms with E-state index >= 15 is 0 Å². The fourth-order valence-corrected chi connectivity index (χ4v) is 2.71. The van der Waals surface area contributed by atoms with Gasteiger partial charge in [0.25, 0.3) is 0 Å². The second kappa shape index (κ2) is 8.38. The third-order valence-electron chi connectivity index (χ3n) is 4.11. The summed E-state index contributed by atoms with van der Waals surface area (Å²) in [6.07, 6.45) is 0. The van der Waals surface area contributed by atoms with Crippen LogP contribution >= 0.6 is 0 Å². The number of nitrogens with zero attached hydrogens (tertiary/aromatic N) is 1. The molecule has 0 aliphatic heterocycles. The number of carbonyl (C=O) groups is 2. The summed E-state index contributed by atoms with van der Waals surface area (Å²) in [6, 6.07) is 10.9. The van der Waals surface area contributed by atoms with Gasteiger partial charge in [-0.25, -0.2) is 0 Å². The van der Waals surface area contributed by atoms with Crippen LogP contribution in [0.25, 0.3) is 0 Å². The number of ether oxygens (including phenoxy) is 2. The van der Waals surface area contributed by atoms with Gasteiger partial charge >= 0.3 is 0 Å². The molecule has 0 aromatic heterocycles. The molecule has 26 heavy (non-hydrogen) atoms. The smallest absolute Gasteiger partial charge is 0.244 e. The molecule has 0 heterocycles. The highest BCUT2D eigenvalue weighted by Gasteiger charge is 2.18. The van der Waals surface area contributed by atoms with Crippen LogP contribution in [0.5, 0.6) is 11.5 Å². The summed E-state index contributed by atoms with van der Waals surface area (Å²) in [6.45, 7) is 5.18. The second-order valence-corrected chi connectivity index (χ2v) is 5.96. The standard InChI is InChI=1S/C20H24N2O4/c1-13-7-6-8-14(2)20(13)21-19(24)12-22(15(3)23)16-9-10-17(25-4)18(11-16)26-5/h6-11H,12H2,1-5H3,(H,21,24). The van der Waals surface area contributed by atoms with Crippen LogP contribution < -0.4 is 19.7 Å². The van der Waals surface area contributed by atoms with E-state index in [2.05, 4.69) is 5.32 Å². The number of aryl methyl sites for hydroxylation is 2. The Labute approximate surface area is 153 Å². The SMILES string of the molecule is COc1ccc(N(CC(=O)Nc2c(C)cccc2C)C(C)=O)cc1OC. The van der Waals surface area contributed by atoms with Crippen LogP contribution in [0.4, 0.5) is 11.4 Å². The van der Waals surface area contributed by atoms with E-state index in [-0.39, 0.29) is 18.4 Å². The van der Waals surface area contributed by atoms with E-state index in [1.807, 2.05) is 32.0 Å². The summed E-state index contributed by atoms with van der Waals surface area (Å²) in [5.74, 6) is 0.535. The Balaban J connectivity index is 2.23. The average molecular weight is 356 g/mol. The molecule has 0 aliphatic carbocycles. The van der Waals surface area contributed by atoms with Crippen LogP contribution in [-0.4, -0.2) is 32.6 Å². The maximum atomic E-state index is 12.5. The van der Waals surface area contributed by atoms with Gasteiger partial charge in [0.15, 0.2) is 11.5 Å². The molecule has 1 N–H and O–H groups in total. The molecular weight excluding hydrogens is 332 g/mol. The first-order valence-electron chi connectivity index (χ1n) is 8.23. The van der Waals surface area contributed by atoms with Gasteiger partial charge in [-0.3, -0.25) is 9.59 Å². The van der Waals surface area contributed by atoms with Crippen LogP contribution in [-0.2, 0) is 9.59 Å². The molecule has 0 saturated carbocycles. The number of hydrogen-bond donors (Lipinski definition) is 1. The number of nitrogens with one attached hydrogen (secondary N) is 1. The number of carbonyl (C=O) groups excluding carboxylic acids is 2. The van der Waals surface area contributed by atoms with E-state index in [0.717, 1.165) is 16.8 Å². The van der Waals surface area contributed by atoms with Crippen molar-refractivity contribution in [1.82, 2.24) is 0 Å². The van der Waals surface area contributed by atoms with Crippen molar-refractivity contribution in [3.63, 3.8) is 0 Å². The number of rotatable bonds is 6. The lowest BCUT2D eigenvalue weighted by molar-refractivity contribution is -0.120. The van der Waals surface area contributed by atoms with Gasteiger partial charge in [0, 0.05) is 24.4 Å². The molecule has 6 heteroatoms. The van der Waals surface area contributed by atoms with Gasteiger partial charge in [0.2, 0.25) is 11.8 Å². The second-order valence-electron chi connectivity index (χ2n) is 5.96. The highest BCUT2D eigenvalue weighted by molar-refractivity contribution is 6.02. The van der Waals surface area contributed by atoms with Crippen molar-refractivity contribution in [3.8, 4) is 11.5 Å². The van der Waals surface area contributed by atoms with Gasteiger partial charge < -0.3 is 19.7 Å². The fourth-order valence-electron chi connectivity index (χ4n) is 2.71. The van der Waals surface area contributed by atoms with Crippen molar-refractivity contribution in [2.24, 2.45) is 0 Å². The maximum absolute atomic E-state index is 12.5. The van der Waals surface area contributed by atoms with Gasteiger partial charge in [0.05, 0.1) is 14.2 Å². The summed E-state index contributed by atoms with van der Waals surface area (Å²) < 4.78 is 10.5. The van der Waals surface area contributed by atoms with Gasteiger partial charge in [-0.05, 0) is 37.1 Å². The normalized spacial score (nSPS) is 10.2. The Morgan fingerprint density at radius 3 is 2.15 bits per heavy atom. The molecule has 0 aliphatic rings. The topological polar surface area (TPSA) is 67.9 Å². The van der Waals surface area contributed by atoms with Crippen LogP contribution in [0.15, 0.2) is 36.4 Å². The first-order chi connectivity index (χ1) is 12.4. The Morgan fingerprint density at radius 2 is 1.62 bits per heavy atom. The molecule has 6 nitrogen and oxygen atoms in total. The number of amides is 2. The Morgan fingerprint density at radius 1 is 1.00 bits per heavy atom. The maximum Gasteiger partial charge on any atom is 0.244 e. The van der Waals surface area contributed by atoms with Crippen molar-refractivity contribution < 1.29 is 19.1 Å². The highest BCUT2D eigenvalue weighted by atomic mass is 16.5. The predicted molar refractivity (Wildman–Crippen MR) is 102 cm³/mol. The number of anilines is 2. The number of para-hydroxylation sites is 1. The zero-order valence-electron chi connectivity index (χ0n) is 15.8. The zero-order chi connectivity index (χ0) is 19.3. The van der Waals surface area contributed by atoms with Gasteiger partial charge in [0.1, 0.15) is 6.54 Å². The summed E-state index contributed by atoms with van der Waals surface area (Å²) >= 11 is 0. The third kappa shape index (κ3) is 4.33. The average Bonchev–Trinajstić information content (AvgIpc) is 2.62. The minimum Gasteiger partial charge on any atom is -0.493 e. The molecule has 138 valence electrons. The Hall–Kier alpha value is -3.02. The monoisotopic (exact) mass is 356 g/mol. The van der Waals surface area contributed by atoms with E-state index < -0.39 is 0 Å². The lowest BCUT2D eigenvalue weighted by Crippen LogP contribution is -2.36. The van der Waals surface area contributed by atoms with E-state index in [9.17, 15) is 9.59 Å². The van der Waals surface area contributed by atoms with Crippen molar-refractivity contribution in [1.29, 1.82) is 0 Å². The van der Waals surface area contributed by atoms with Gasteiger partial charge in [-0.1, -0.05) is 18.2 Å². The molecule has 2 rings (SSSR count).